The molecule has 0 radical (unpaired) electrons. The first kappa shape index (κ1) is 11.6. The van der Waals surface area contributed by atoms with Crippen molar-refractivity contribution in [2.75, 3.05) is 31.7 Å². The van der Waals surface area contributed by atoms with Gasteiger partial charge >= 0.3 is 0 Å². The number of anilines is 1. The quantitative estimate of drug-likeness (QED) is 0.883. The Morgan fingerprint density at radius 1 is 1.50 bits per heavy atom. The average molecular weight is 242 g/mol. The highest BCUT2D eigenvalue weighted by Gasteiger charge is 2.22. The summed E-state index contributed by atoms with van der Waals surface area (Å²) >= 11 is 5.91. The second-order valence-corrected chi connectivity index (χ2v) is 4.66. The minimum atomic E-state index is 0.220. The summed E-state index contributed by atoms with van der Waals surface area (Å²) in [4.78, 5) is 2.23. The van der Waals surface area contributed by atoms with E-state index < -0.39 is 0 Å². The zero-order valence-corrected chi connectivity index (χ0v) is 10.1. The topological polar surface area (TPSA) is 32.7 Å². The molecule has 1 atom stereocenters. The van der Waals surface area contributed by atoms with Crippen LogP contribution < -0.4 is 4.90 Å². The first-order chi connectivity index (χ1) is 7.69. The molecule has 88 valence electrons. The van der Waals surface area contributed by atoms with Crippen molar-refractivity contribution in [3.8, 4) is 5.75 Å². The van der Waals surface area contributed by atoms with E-state index in [0.29, 0.717) is 10.9 Å². The molecule has 1 aromatic carbocycles. The van der Waals surface area contributed by atoms with Crippen molar-refractivity contribution in [1.82, 2.24) is 0 Å². The highest BCUT2D eigenvalue weighted by atomic mass is 35.5. The minimum absolute atomic E-state index is 0.220. The molecule has 1 aliphatic rings. The molecule has 1 saturated heterocycles. The van der Waals surface area contributed by atoms with Crippen LogP contribution in [0.2, 0.25) is 5.02 Å². The van der Waals surface area contributed by atoms with Crippen LogP contribution in [-0.2, 0) is 4.74 Å². The Balaban J connectivity index is 2.08. The molecule has 1 aromatic rings. The lowest BCUT2D eigenvalue weighted by molar-refractivity contribution is 0.161. The van der Waals surface area contributed by atoms with E-state index >= 15 is 0 Å². The van der Waals surface area contributed by atoms with Gasteiger partial charge in [0, 0.05) is 42.9 Å². The molecular formula is C12H16ClNO2. The van der Waals surface area contributed by atoms with Gasteiger partial charge in [0.1, 0.15) is 5.75 Å². The maximum absolute atomic E-state index is 9.49. The van der Waals surface area contributed by atoms with Crippen molar-refractivity contribution in [3.63, 3.8) is 0 Å². The van der Waals surface area contributed by atoms with Crippen molar-refractivity contribution in [3.05, 3.63) is 23.2 Å². The van der Waals surface area contributed by atoms with E-state index in [9.17, 15) is 5.11 Å². The van der Waals surface area contributed by atoms with Gasteiger partial charge in [0.05, 0.1) is 6.61 Å². The van der Waals surface area contributed by atoms with Crippen molar-refractivity contribution >= 4 is 17.3 Å². The van der Waals surface area contributed by atoms with E-state index in [-0.39, 0.29) is 5.75 Å². The summed E-state index contributed by atoms with van der Waals surface area (Å²) < 4.78 is 5.16. The molecule has 0 aliphatic carbocycles. The van der Waals surface area contributed by atoms with Crippen molar-refractivity contribution in [2.24, 2.45) is 5.92 Å². The van der Waals surface area contributed by atoms with Gasteiger partial charge in [0.2, 0.25) is 0 Å². The highest BCUT2D eigenvalue weighted by Crippen LogP contribution is 2.29. The van der Waals surface area contributed by atoms with E-state index in [1.165, 1.54) is 0 Å². The summed E-state index contributed by atoms with van der Waals surface area (Å²) in [5.74, 6) is 0.795. The van der Waals surface area contributed by atoms with Crippen LogP contribution in [0.1, 0.15) is 6.42 Å². The fraction of sp³-hybridized carbons (Fsp3) is 0.500. The fourth-order valence-electron chi connectivity index (χ4n) is 2.18. The van der Waals surface area contributed by atoms with E-state index in [4.69, 9.17) is 16.3 Å². The Labute approximate surface area is 101 Å². The number of nitrogens with zero attached hydrogens (tertiary/aromatic N) is 1. The maximum Gasteiger partial charge on any atom is 0.119 e. The van der Waals surface area contributed by atoms with Gasteiger partial charge < -0.3 is 14.7 Å². The Hall–Kier alpha value is -0.930. The van der Waals surface area contributed by atoms with Gasteiger partial charge in [-0.3, -0.25) is 0 Å². The molecule has 1 fully saturated rings. The normalized spacial score (nSPS) is 20.4. The lowest BCUT2D eigenvalue weighted by Crippen LogP contribution is -2.20. The van der Waals surface area contributed by atoms with Crippen LogP contribution >= 0.6 is 11.6 Å². The van der Waals surface area contributed by atoms with Crippen LogP contribution in [0.25, 0.3) is 0 Å². The van der Waals surface area contributed by atoms with Gasteiger partial charge in [-0.05, 0) is 18.6 Å². The van der Waals surface area contributed by atoms with Crippen molar-refractivity contribution in [1.29, 1.82) is 0 Å². The molecule has 0 bridgehead atoms. The molecule has 1 unspecified atom stereocenters. The summed E-state index contributed by atoms with van der Waals surface area (Å²) in [6.07, 6.45) is 1.13. The molecule has 0 amide bonds. The number of hydrogen-bond acceptors (Lipinski definition) is 3. The fourth-order valence-corrected chi connectivity index (χ4v) is 2.40. The van der Waals surface area contributed by atoms with Crippen LogP contribution in [0.4, 0.5) is 5.69 Å². The summed E-state index contributed by atoms with van der Waals surface area (Å²) in [5.41, 5.74) is 0.989. The summed E-state index contributed by atoms with van der Waals surface area (Å²) in [6.45, 7) is 2.75. The summed E-state index contributed by atoms with van der Waals surface area (Å²) in [5, 5.41) is 10.1. The van der Waals surface area contributed by atoms with Crippen LogP contribution in [-0.4, -0.2) is 31.9 Å². The maximum atomic E-state index is 9.49. The molecule has 16 heavy (non-hydrogen) atoms. The molecule has 3 nitrogen and oxygen atoms in total. The molecule has 1 aliphatic heterocycles. The van der Waals surface area contributed by atoms with Crippen LogP contribution in [0.3, 0.4) is 0 Å². The third kappa shape index (κ3) is 2.60. The Morgan fingerprint density at radius 2 is 2.31 bits per heavy atom. The third-order valence-electron chi connectivity index (χ3n) is 2.92. The lowest BCUT2D eigenvalue weighted by Gasteiger charge is -2.19. The first-order valence-electron chi connectivity index (χ1n) is 5.42. The van der Waals surface area contributed by atoms with E-state index in [1.54, 1.807) is 19.2 Å². The second-order valence-electron chi connectivity index (χ2n) is 4.22. The Morgan fingerprint density at radius 3 is 3.00 bits per heavy atom. The molecule has 0 aromatic heterocycles. The van der Waals surface area contributed by atoms with Gasteiger partial charge in [-0.25, -0.2) is 0 Å². The van der Waals surface area contributed by atoms with Crippen molar-refractivity contribution in [2.45, 2.75) is 6.42 Å². The number of aromatic hydroxyl groups is 1. The van der Waals surface area contributed by atoms with Gasteiger partial charge in [-0.1, -0.05) is 11.6 Å². The minimum Gasteiger partial charge on any atom is -0.508 e. The standard InChI is InChI=1S/C12H16ClNO2/c1-16-8-9-2-3-14(7-9)11-4-10(13)5-12(15)6-11/h4-6,9,15H,2-3,7-8H2,1H3. The highest BCUT2D eigenvalue weighted by molar-refractivity contribution is 6.31. The van der Waals surface area contributed by atoms with Crippen molar-refractivity contribution < 1.29 is 9.84 Å². The number of ether oxygens (including phenoxy) is 1. The Bertz CT molecular complexity index is 350. The SMILES string of the molecule is COCC1CCN(c2cc(O)cc(Cl)c2)C1. The first-order valence-corrected chi connectivity index (χ1v) is 5.80. The monoisotopic (exact) mass is 241 g/mol. The molecule has 0 spiro atoms. The van der Waals surface area contributed by atoms with Crippen LogP contribution in [0.15, 0.2) is 18.2 Å². The van der Waals surface area contributed by atoms with Gasteiger partial charge in [0.25, 0.3) is 0 Å². The van der Waals surface area contributed by atoms with Gasteiger partial charge in [0.15, 0.2) is 0 Å². The largest absolute Gasteiger partial charge is 0.508 e. The number of benzene rings is 1. The molecule has 2 rings (SSSR count). The smallest absolute Gasteiger partial charge is 0.119 e. The lowest BCUT2D eigenvalue weighted by atomic mass is 10.1. The number of hydrogen-bond donors (Lipinski definition) is 1. The number of methoxy groups -OCH3 is 1. The second kappa shape index (κ2) is 4.93. The van der Waals surface area contributed by atoms with Gasteiger partial charge in [-0.15, -0.1) is 0 Å². The van der Waals surface area contributed by atoms with Gasteiger partial charge in [-0.2, -0.15) is 0 Å². The molecule has 1 N–H and O–H groups in total. The number of phenolic OH excluding ortho intramolecular Hbond substituents is 1. The third-order valence-corrected chi connectivity index (χ3v) is 3.14. The average Bonchev–Trinajstić information content (AvgIpc) is 2.65. The van der Waals surface area contributed by atoms with Crippen LogP contribution in [0, 0.1) is 5.92 Å². The number of phenols is 1. The predicted molar refractivity (Wildman–Crippen MR) is 65.3 cm³/mol. The molecule has 1 heterocycles. The van der Waals surface area contributed by atoms with E-state index in [0.717, 1.165) is 31.8 Å². The number of rotatable bonds is 3. The van der Waals surface area contributed by atoms with E-state index in [2.05, 4.69) is 4.90 Å². The number of halogens is 1. The van der Waals surface area contributed by atoms with E-state index in [1.807, 2.05) is 6.07 Å². The molecular weight excluding hydrogens is 226 g/mol. The zero-order chi connectivity index (χ0) is 11.5. The molecule has 4 heteroatoms. The summed E-state index contributed by atoms with van der Waals surface area (Å²) in [7, 11) is 1.73. The Kier molecular flexibility index (Phi) is 3.56. The zero-order valence-electron chi connectivity index (χ0n) is 9.32. The van der Waals surface area contributed by atoms with Crippen LogP contribution in [0.5, 0.6) is 5.75 Å². The molecule has 0 saturated carbocycles. The summed E-state index contributed by atoms with van der Waals surface area (Å²) in [6, 6.07) is 5.19. The predicted octanol–water partition coefficient (Wildman–Crippen LogP) is 2.52.